The minimum absolute atomic E-state index is 0.0280. The lowest BCUT2D eigenvalue weighted by Crippen LogP contribution is -2.30. The highest BCUT2D eigenvalue weighted by Gasteiger charge is 2.33. The van der Waals surface area contributed by atoms with Crippen LogP contribution in [0.3, 0.4) is 0 Å². The Bertz CT molecular complexity index is 746. The number of nitrogens with zero attached hydrogens (tertiary/aromatic N) is 1. The Labute approximate surface area is 147 Å². The number of aliphatic hydroxyl groups is 1. The zero-order valence-electron chi connectivity index (χ0n) is 14.0. The first kappa shape index (κ1) is 17.2. The second-order valence-corrected chi connectivity index (χ2v) is 6.32. The number of carbonyl (C=O) groups is 2. The maximum Gasteiger partial charge on any atom is 0.229 e. The van der Waals surface area contributed by atoms with Gasteiger partial charge in [0.25, 0.3) is 0 Å². The summed E-state index contributed by atoms with van der Waals surface area (Å²) >= 11 is 0. The Morgan fingerprint density at radius 2 is 1.88 bits per heavy atom. The summed E-state index contributed by atoms with van der Waals surface area (Å²) in [5, 5.41) is 12.0. The summed E-state index contributed by atoms with van der Waals surface area (Å²) in [5.41, 5.74) is 2.57. The van der Waals surface area contributed by atoms with Crippen LogP contribution in [0.15, 0.2) is 54.6 Å². The molecule has 1 unspecified atom stereocenters. The van der Waals surface area contributed by atoms with Gasteiger partial charge >= 0.3 is 0 Å². The molecule has 5 nitrogen and oxygen atoms in total. The lowest BCUT2D eigenvalue weighted by molar-refractivity contribution is -0.128. The van der Waals surface area contributed by atoms with Crippen molar-refractivity contribution in [2.45, 2.75) is 19.4 Å². The van der Waals surface area contributed by atoms with Crippen molar-refractivity contribution in [3.63, 3.8) is 0 Å². The number of rotatable bonds is 6. The number of nitrogens with one attached hydrogen (secondary N) is 1. The van der Waals surface area contributed by atoms with Crippen LogP contribution >= 0.6 is 0 Å². The van der Waals surface area contributed by atoms with Gasteiger partial charge in [0, 0.05) is 25.2 Å². The van der Waals surface area contributed by atoms with Gasteiger partial charge in [-0.1, -0.05) is 42.5 Å². The summed E-state index contributed by atoms with van der Waals surface area (Å²) in [5.74, 6) is -0.452. The van der Waals surface area contributed by atoms with Crippen molar-refractivity contribution >= 4 is 17.5 Å². The number of carbonyl (C=O) groups excluding carboxylic acids is 2. The Balaban J connectivity index is 1.55. The van der Waals surface area contributed by atoms with Crippen molar-refractivity contribution in [1.29, 1.82) is 0 Å². The molecule has 1 saturated heterocycles. The van der Waals surface area contributed by atoms with Crippen molar-refractivity contribution in [3.05, 3.63) is 65.7 Å². The van der Waals surface area contributed by atoms with E-state index in [4.69, 9.17) is 5.11 Å². The first-order chi connectivity index (χ1) is 12.2. The highest BCUT2D eigenvalue weighted by atomic mass is 16.3. The fraction of sp³-hybridized carbons (Fsp3) is 0.300. The summed E-state index contributed by atoms with van der Waals surface area (Å²) in [6.45, 7) is 1.02. The number of hydrogen-bond donors (Lipinski definition) is 2. The Morgan fingerprint density at radius 3 is 2.64 bits per heavy atom. The van der Waals surface area contributed by atoms with Crippen LogP contribution in [-0.2, 0) is 22.6 Å². The molecule has 0 aromatic heterocycles. The van der Waals surface area contributed by atoms with Gasteiger partial charge < -0.3 is 15.3 Å². The highest BCUT2D eigenvalue weighted by molar-refractivity contribution is 5.97. The van der Waals surface area contributed by atoms with Gasteiger partial charge in [-0.25, -0.2) is 0 Å². The van der Waals surface area contributed by atoms with E-state index in [1.807, 2.05) is 30.3 Å². The van der Waals surface area contributed by atoms with Crippen LogP contribution in [0.4, 0.5) is 5.69 Å². The fourth-order valence-corrected chi connectivity index (χ4v) is 3.06. The van der Waals surface area contributed by atoms with Gasteiger partial charge in [0.2, 0.25) is 11.8 Å². The molecule has 2 amide bonds. The van der Waals surface area contributed by atoms with Gasteiger partial charge in [0.15, 0.2) is 0 Å². The maximum atomic E-state index is 12.4. The van der Waals surface area contributed by atoms with Gasteiger partial charge in [-0.2, -0.15) is 0 Å². The van der Waals surface area contributed by atoms with Crippen LogP contribution in [0, 0.1) is 5.92 Å². The topological polar surface area (TPSA) is 69.6 Å². The van der Waals surface area contributed by atoms with Crippen molar-refractivity contribution in [1.82, 2.24) is 4.90 Å². The predicted molar refractivity (Wildman–Crippen MR) is 95.8 cm³/mol. The predicted octanol–water partition coefficient (Wildman–Crippen LogP) is 2.21. The van der Waals surface area contributed by atoms with E-state index in [0.29, 0.717) is 18.8 Å². The maximum absolute atomic E-state index is 12.4. The molecule has 25 heavy (non-hydrogen) atoms. The minimum atomic E-state index is -0.332. The largest absolute Gasteiger partial charge is 0.392 e. The lowest BCUT2D eigenvalue weighted by atomic mass is 10.1. The quantitative estimate of drug-likeness (QED) is 0.848. The zero-order valence-corrected chi connectivity index (χ0v) is 14.0. The molecule has 2 N–H and O–H groups in total. The molecule has 1 atom stereocenters. The number of benzene rings is 2. The molecule has 1 fully saturated rings. The first-order valence-electron chi connectivity index (χ1n) is 8.48. The average Bonchev–Trinajstić information content (AvgIpc) is 3.02. The normalized spacial score (nSPS) is 16.9. The van der Waals surface area contributed by atoms with Gasteiger partial charge in [-0.3, -0.25) is 9.59 Å². The monoisotopic (exact) mass is 338 g/mol. The molecular formula is C20H22N2O3. The number of aliphatic hydroxyl groups excluding tert-OH is 1. The SMILES string of the molecule is O=C(Nc1cccc(CO)c1)C1CC(=O)N(CCc2ccccc2)C1. The first-order valence-corrected chi connectivity index (χ1v) is 8.48. The Morgan fingerprint density at radius 1 is 1.12 bits per heavy atom. The van der Waals surface area contributed by atoms with Crippen LogP contribution < -0.4 is 5.32 Å². The summed E-state index contributed by atoms with van der Waals surface area (Å²) in [6, 6.07) is 17.1. The molecule has 5 heteroatoms. The Hall–Kier alpha value is -2.66. The molecule has 3 rings (SSSR count). The molecule has 0 spiro atoms. The van der Waals surface area contributed by atoms with Gasteiger partial charge in [0.1, 0.15) is 0 Å². The van der Waals surface area contributed by atoms with E-state index in [1.54, 1.807) is 29.2 Å². The van der Waals surface area contributed by atoms with Gasteiger partial charge in [-0.15, -0.1) is 0 Å². The molecule has 0 aliphatic carbocycles. The molecule has 0 radical (unpaired) electrons. The third kappa shape index (κ3) is 4.45. The van der Waals surface area contributed by atoms with Crippen LogP contribution in [-0.4, -0.2) is 34.9 Å². The minimum Gasteiger partial charge on any atom is -0.392 e. The molecule has 1 aliphatic heterocycles. The standard InChI is InChI=1S/C20H22N2O3/c23-14-16-7-4-8-18(11-16)21-20(25)17-12-19(24)22(13-17)10-9-15-5-2-1-3-6-15/h1-8,11,17,23H,9-10,12-14H2,(H,21,25). The Kier molecular flexibility index (Phi) is 5.46. The van der Waals surface area contributed by atoms with Crippen molar-refractivity contribution in [3.8, 4) is 0 Å². The van der Waals surface area contributed by atoms with E-state index in [0.717, 1.165) is 12.0 Å². The highest BCUT2D eigenvalue weighted by Crippen LogP contribution is 2.21. The molecule has 2 aromatic rings. The van der Waals surface area contributed by atoms with E-state index in [-0.39, 0.29) is 30.8 Å². The number of amides is 2. The smallest absolute Gasteiger partial charge is 0.229 e. The van der Waals surface area contributed by atoms with E-state index < -0.39 is 0 Å². The molecule has 130 valence electrons. The molecular weight excluding hydrogens is 316 g/mol. The average molecular weight is 338 g/mol. The lowest BCUT2D eigenvalue weighted by Gasteiger charge is -2.16. The molecule has 1 heterocycles. The summed E-state index contributed by atoms with van der Waals surface area (Å²) in [4.78, 5) is 26.4. The fourth-order valence-electron chi connectivity index (χ4n) is 3.06. The summed E-state index contributed by atoms with van der Waals surface area (Å²) in [6.07, 6.45) is 1.04. The van der Waals surface area contributed by atoms with Crippen LogP contribution in [0.25, 0.3) is 0 Å². The van der Waals surface area contributed by atoms with E-state index in [2.05, 4.69) is 5.32 Å². The van der Waals surface area contributed by atoms with Gasteiger partial charge in [0.05, 0.1) is 12.5 Å². The van der Waals surface area contributed by atoms with Gasteiger partial charge in [-0.05, 0) is 29.7 Å². The third-order valence-electron chi connectivity index (χ3n) is 4.48. The van der Waals surface area contributed by atoms with E-state index in [9.17, 15) is 9.59 Å². The van der Waals surface area contributed by atoms with Crippen molar-refractivity contribution in [2.24, 2.45) is 5.92 Å². The van der Waals surface area contributed by atoms with E-state index >= 15 is 0 Å². The van der Waals surface area contributed by atoms with Crippen molar-refractivity contribution in [2.75, 3.05) is 18.4 Å². The number of hydrogen-bond acceptors (Lipinski definition) is 3. The molecule has 1 aliphatic rings. The second-order valence-electron chi connectivity index (χ2n) is 6.32. The van der Waals surface area contributed by atoms with E-state index in [1.165, 1.54) is 5.56 Å². The van der Waals surface area contributed by atoms with Crippen LogP contribution in [0.5, 0.6) is 0 Å². The summed E-state index contributed by atoms with van der Waals surface area (Å²) in [7, 11) is 0. The second kappa shape index (κ2) is 7.94. The van der Waals surface area contributed by atoms with Crippen molar-refractivity contribution < 1.29 is 14.7 Å². The number of likely N-dealkylation sites (tertiary alicyclic amines) is 1. The molecule has 0 bridgehead atoms. The molecule has 0 saturated carbocycles. The van der Waals surface area contributed by atoms with Crippen LogP contribution in [0.2, 0.25) is 0 Å². The third-order valence-corrected chi connectivity index (χ3v) is 4.48. The van der Waals surface area contributed by atoms with Crippen LogP contribution in [0.1, 0.15) is 17.5 Å². The zero-order chi connectivity index (χ0) is 17.6. The number of anilines is 1. The summed E-state index contributed by atoms with van der Waals surface area (Å²) < 4.78 is 0. The molecule has 2 aromatic carbocycles.